The van der Waals surface area contributed by atoms with Gasteiger partial charge in [-0.3, -0.25) is 9.80 Å². The van der Waals surface area contributed by atoms with Crippen LogP contribution < -0.4 is 4.74 Å². The number of rotatable bonds is 5. The standard InChI is InChI=1S/C20H26N2O/c1-17-14-21(15-19-9-6-10-20(13-19)23-2)11-12-22(17)16-18-7-4-3-5-8-18/h3-10,13,17H,11-12,14-16H2,1-2H3/t17-/m0/s1. The predicted molar refractivity (Wildman–Crippen MR) is 94.6 cm³/mol. The summed E-state index contributed by atoms with van der Waals surface area (Å²) in [4.78, 5) is 5.12. The van der Waals surface area contributed by atoms with E-state index in [-0.39, 0.29) is 0 Å². The number of hydrogen-bond donors (Lipinski definition) is 0. The van der Waals surface area contributed by atoms with Crippen molar-refractivity contribution in [2.24, 2.45) is 0 Å². The SMILES string of the molecule is COc1cccc(CN2CCN(Cc3ccccc3)[C@@H](C)C2)c1. The summed E-state index contributed by atoms with van der Waals surface area (Å²) in [5.41, 5.74) is 2.73. The zero-order chi connectivity index (χ0) is 16.1. The quantitative estimate of drug-likeness (QED) is 0.842. The first kappa shape index (κ1) is 16.0. The van der Waals surface area contributed by atoms with Crippen molar-refractivity contribution in [3.05, 3.63) is 65.7 Å². The Bertz CT molecular complexity index is 614. The van der Waals surface area contributed by atoms with Gasteiger partial charge in [0, 0.05) is 38.8 Å². The Kier molecular flexibility index (Phi) is 5.31. The summed E-state index contributed by atoms with van der Waals surface area (Å²) >= 11 is 0. The van der Waals surface area contributed by atoms with Crippen LogP contribution in [0.5, 0.6) is 5.75 Å². The Labute approximate surface area is 139 Å². The second kappa shape index (κ2) is 7.62. The highest BCUT2D eigenvalue weighted by Crippen LogP contribution is 2.18. The Morgan fingerprint density at radius 1 is 0.957 bits per heavy atom. The van der Waals surface area contributed by atoms with Gasteiger partial charge in [0.2, 0.25) is 0 Å². The Hall–Kier alpha value is -1.84. The fourth-order valence-electron chi connectivity index (χ4n) is 3.30. The average Bonchev–Trinajstić information content (AvgIpc) is 2.58. The van der Waals surface area contributed by atoms with Crippen LogP contribution in [0.25, 0.3) is 0 Å². The van der Waals surface area contributed by atoms with Gasteiger partial charge in [0.1, 0.15) is 5.75 Å². The molecule has 3 heteroatoms. The lowest BCUT2D eigenvalue weighted by Gasteiger charge is -2.40. The van der Waals surface area contributed by atoms with Gasteiger partial charge in [-0.2, -0.15) is 0 Å². The molecule has 0 aromatic heterocycles. The molecule has 1 aliphatic heterocycles. The first-order valence-corrected chi connectivity index (χ1v) is 8.38. The van der Waals surface area contributed by atoms with Crippen LogP contribution in [0.15, 0.2) is 54.6 Å². The van der Waals surface area contributed by atoms with E-state index in [1.54, 1.807) is 7.11 Å². The molecule has 1 heterocycles. The number of methoxy groups -OCH3 is 1. The maximum absolute atomic E-state index is 5.32. The molecule has 3 nitrogen and oxygen atoms in total. The number of ether oxygens (including phenoxy) is 1. The molecule has 0 saturated carbocycles. The summed E-state index contributed by atoms with van der Waals surface area (Å²) in [6.07, 6.45) is 0. The van der Waals surface area contributed by atoms with E-state index in [9.17, 15) is 0 Å². The number of hydrogen-bond acceptors (Lipinski definition) is 3. The maximum Gasteiger partial charge on any atom is 0.119 e. The summed E-state index contributed by atoms with van der Waals surface area (Å²) < 4.78 is 5.32. The second-order valence-corrected chi connectivity index (χ2v) is 6.39. The van der Waals surface area contributed by atoms with E-state index in [0.29, 0.717) is 6.04 Å². The first-order chi connectivity index (χ1) is 11.2. The molecule has 0 amide bonds. The van der Waals surface area contributed by atoms with Crippen molar-refractivity contribution in [1.29, 1.82) is 0 Å². The Balaban J connectivity index is 1.55. The molecular weight excluding hydrogens is 284 g/mol. The van der Waals surface area contributed by atoms with Crippen molar-refractivity contribution in [1.82, 2.24) is 9.80 Å². The van der Waals surface area contributed by atoms with Gasteiger partial charge in [0.05, 0.1) is 7.11 Å². The monoisotopic (exact) mass is 310 g/mol. The lowest BCUT2D eigenvalue weighted by molar-refractivity contribution is 0.0732. The minimum absolute atomic E-state index is 0.578. The number of benzene rings is 2. The van der Waals surface area contributed by atoms with E-state index in [0.717, 1.165) is 38.5 Å². The highest BCUT2D eigenvalue weighted by atomic mass is 16.5. The minimum Gasteiger partial charge on any atom is -0.497 e. The molecular formula is C20H26N2O. The average molecular weight is 310 g/mol. The largest absolute Gasteiger partial charge is 0.497 e. The zero-order valence-electron chi connectivity index (χ0n) is 14.1. The third-order valence-electron chi connectivity index (χ3n) is 4.62. The van der Waals surface area contributed by atoms with Gasteiger partial charge in [-0.15, -0.1) is 0 Å². The van der Waals surface area contributed by atoms with Crippen molar-refractivity contribution in [2.75, 3.05) is 26.7 Å². The van der Waals surface area contributed by atoms with Crippen LogP contribution in [0.4, 0.5) is 0 Å². The van der Waals surface area contributed by atoms with Crippen LogP contribution in [0.1, 0.15) is 18.1 Å². The Morgan fingerprint density at radius 3 is 2.48 bits per heavy atom. The number of nitrogens with zero attached hydrogens (tertiary/aromatic N) is 2. The van der Waals surface area contributed by atoms with Gasteiger partial charge in [-0.1, -0.05) is 42.5 Å². The van der Waals surface area contributed by atoms with Crippen molar-refractivity contribution in [2.45, 2.75) is 26.1 Å². The molecule has 1 saturated heterocycles. The van der Waals surface area contributed by atoms with E-state index >= 15 is 0 Å². The van der Waals surface area contributed by atoms with Crippen molar-refractivity contribution < 1.29 is 4.74 Å². The van der Waals surface area contributed by atoms with Gasteiger partial charge in [0.15, 0.2) is 0 Å². The topological polar surface area (TPSA) is 15.7 Å². The molecule has 0 N–H and O–H groups in total. The molecule has 0 bridgehead atoms. The Morgan fingerprint density at radius 2 is 1.74 bits per heavy atom. The van der Waals surface area contributed by atoms with E-state index in [1.165, 1.54) is 11.1 Å². The molecule has 1 aliphatic rings. The van der Waals surface area contributed by atoms with Crippen LogP contribution in [0, 0.1) is 0 Å². The fraction of sp³-hybridized carbons (Fsp3) is 0.400. The lowest BCUT2D eigenvalue weighted by Crippen LogP contribution is -2.50. The fourth-order valence-corrected chi connectivity index (χ4v) is 3.30. The summed E-state index contributed by atoms with van der Waals surface area (Å²) in [5, 5.41) is 0. The number of piperazine rings is 1. The third-order valence-corrected chi connectivity index (χ3v) is 4.62. The molecule has 3 rings (SSSR count). The highest BCUT2D eigenvalue weighted by molar-refractivity contribution is 5.28. The lowest BCUT2D eigenvalue weighted by atomic mass is 10.1. The van der Waals surface area contributed by atoms with Crippen LogP contribution in [-0.2, 0) is 13.1 Å². The molecule has 0 radical (unpaired) electrons. The molecule has 0 aliphatic carbocycles. The van der Waals surface area contributed by atoms with E-state index in [4.69, 9.17) is 4.74 Å². The molecule has 1 atom stereocenters. The van der Waals surface area contributed by atoms with Gasteiger partial charge in [-0.05, 0) is 30.2 Å². The van der Waals surface area contributed by atoms with E-state index in [1.807, 2.05) is 6.07 Å². The van der Waals surface area contributed by atoms with Gasteiger partial charge < -0.3 is 4.74 Å². The van der Waals surface area contributed by atoms with Gasteiger partial charge in [-0.25, -0.2) is 0 Å². The molecule has 0 unspecified atom stereocenters. The molecule has 2 aromatic carbocycles. The van der Waals surface area contributed by atoms with Crippen LogP contribution in [-0.4, -0.2) is 42.6 Å². The van der Waals surface area contributed by atoms with E-state index in [2.05, 4.69) is 65.3 Å². The summed E-state index contributed by atoms with van der Waals surface area (Å²) in [5.74, 6) is 0.943. The van der Waals surface area contributed by atoms with E-state index < -0.39 is 0 Å². The van der Waals surface area contributed by atoms with Gasteiger partial charge in [0.25, 0.3) is 0 Å². The molecule has 122 valence electrons. The van der Waals surface area contributed by atoms with Crippen molar-refractivity contribution >= 4 is 0 Å². The second-order valence-electron chi connectivity index (χ2n) is 6.39. The van der Waals surface area contributed by atoms with Crippen LogP contribution in [0.2, 0.25) is 0 Å². The summed E-state index contributed by atoms with van der Waals surface area (Å²) in [6, 6.07) is 19.7. The zero-order valence-corrected chi connectivity index (χ0v) is 14.1. The van der Waals surface area contributed by atoms with Crippen LogP contribution >= 0.6 is 0 Å². The molecule has 0 spiro atoms. The van der Waals surface area contributed by atoms with Crippen molar-refractivity contribution in [3.63, 3.8) is 0 Å². The minimum atomic E-state index is 0.578. The molecule has 1 fully saturated rings. The van der Waals surface area contributed by atoms with Crippen LogP contribution in [0.3, 0.4) is 0 Å². The maximum atomic E-state index is 5.32. The molecule has 2 aromatic rings. The summed E-state index contributed by atoms with van der Waals surface area (Å²) in [7, 11) is 1.73. The predicted octanol–water partition coefficient (Wildman–Crippen LogP) is 3.40. The third kappa shape index (κ3) is 4.34. The first-order valence-electron chi connectivity index (χ1n) is 8.38. The van der Waals surface area contributed by atoms with Gasteiger partial charge >= 0.3 is 0 Å². The van der Waals surface area contributed by atoms with Crippen molar-refractivity contribution in [3.8, 4) is 5.75 Å². The smallest absolute Gasteiger partial charge is 0.119 e. The summed E-state index contributed by atoms with van der Waals surface area (Å²) in [6.45, 7) is 7.74. The highest BCUT2D eigenvalue weighted by Gasteiger charge is 2.23. The normalized spacial score (nSPS) is 19.7. The molecule has 23 heavy (non-hydrogen) atoms.